The summed E-state index contributed by atoms with van der Waals surface area (Å²) in [6, 6.07) is 1.27. The minimum atomic E-state index is -3.55. The molecule has 0 bridgehead atoms. The van der Waals surface area contributed by atoms with E-state index in [1.807, 2.05) is 0 Å². The van der Waals surface area contributed by atoms with E-state index in [1.54, 1.807) is 13.0 Å². The van der Waals surface area contributed by atoms with Crippen molar-refractivity contribution in [1.82, 2.24) is 14.8 Å². The Hall–Kier alpha value is -1.94. The number of hydrogen-bond acceptors (Lipinski definition) is 7. The first kappa shape index (κ1) is 19.8. The number of amides is 1. The van der Waals surface area contributed by atoms with Crippen LogP contribution in [0.1, 0.15) is 61.2 Å². The molecule has 150 valence electrons. The summed E-state index contributed by atoms with van der Waals surface area (Å²) in [7, 11) is -2.32. The van der Waals surface area contributed by atoms with Gasteiger partial charge in [-0.15, -0.1) is 0 Å². The maximum absolute atomic E-state index is 12.4. The number of aromatic nitrogens is 1. The average molecular weight is 399 g/mol. The Labute approximate surface area is 158 Å². The van der Waals surface area contributed by atoms with Gasteiger partial charge in [0.05, 0.1) is 19.3 Å². The fourth-order valence-corrected chi connectivity index (χ4v) is 5.02. The van der Waals surface area contributed by atoms with E-state index in [0.29, 0.717) is 25.3 Å². The molecule has 1 amide bonds. The van der Waals surface area contributed by atoms with Crippen molar-refractivity contribution in [3.05, 3.63) is 17.5 Å². The Morgan fingerprint density at radius 2 is 2.11 bits per heavy atom. The molecule has 2 aliphatic rings. The number of esters is 1. The molecule has 1 N–H and O–H groups in total. The van der Waals surface area contributed by atoms with Crippen LogP contribution < -0.4 is 5.32 Å². The molecule has 10 heteroatoms. The van der Waals surface area contributed by atoms with Gasteiger partial charge in [-0.1, -0.05) is 5.16 Å². The third kappa shape index (κ3) is 4.86. The van der Waals surface area contributed by atoms with Crippen LogP contribution in [0.5, 0.6) is 0 Å². The van der Waals surface area contributed by atoms with Crippen LogP contribution in [0.15, 0.2) is 10.6 Å². The first-order chi connectivity index (χ1) is 12.8. The van der Waals surface area contributed by atoms with Gasteiger partial charge in [0.1, 0.15) is 5.76 Å². The summed E-state index contributed by atoms with van der Waals surface area (Å²) in [5, 5.41) is 6.74. The molecule has 3 rings (SSSR count). The lowest BCUT2D eigenvalue weighted by molar-refractivity contribution is -0.140. The fraction of sp³-hybridized carbons (Fsp3) is 0.706. The second kappa shape index (κ2) is 7.97. The predicted molar refractivity (Wildman–Crippen MR) is 95.6 cm³/mol. The van der Waals surface area contributed by atoms with Crippen LogP contribution in [-0.2, 0) is 19.6 Å². The predicted octanol–water partition coefficient (Wildman–Crippen LogP) is 1.03. The van der Waals surface area contributed by atoms with E-state index in [2.05, 4.69) is 15.2 Å². The van der Waals surface area contributed by atoms with Crippen molar-refractivity contribution in [1.29, 1.82) is 0 Å². The minimum Gasteiger partial charge on any atom is -0.469 e. The summed E-state index contributed by atoms with van der Waals surface area (Å²) >= 11 is 0. The SMILES string of the molecule is COC(=O)CCS(=O)(=O)N1CC[C@@H](NC(=O)c2cc(C3CC3)on2)C[C@@H]1C. The maximum Gasteiger partial charge on any atom is 0.306 e. The van der Waals surface area contributed by atoms with Crippen molar-refractivity contribution in [3.8, 4) is 0 Å². The van der Waals surface area contributed by atoms with Crippen molar-refractivity contribution >= 4 is 21.9 Å². The zero-order valence-corrected chi connectivity index (χ0v) is 16.3. The largest absolute Gasteiger partial charge is 0.469 e. The highest BCUT2D eigenvalue weighted by atomic mass is 32.2. The topological polar surface area (TPSA) is 119 Å². The molecule has 2 atom stereocenters. The summed E-state index contributed by atoms with van der Waals surface area (Å²) in [4.78, 5) is 23.6. The molecule has 0 unspecified atom stereocenters. The van der Waals surface area contributed by atoms with E-state index >= 15 is 0 Å². The van der Waals surface area contributed by atoms with Crippen LogP contribution in [0.4, 0.5) is 0 Å². The van der Waals surface area contributed by atoms with E-state index in [-0.39, 0.29) is 35.9 Å². The molecule has 1 aromatic rings. The van der Waals surface area contributed by atoms with E-state index in [0.717, 1.165) is 18.6 Å². The second-order valence-corrected chi connectivity index (χ2v) is 9.23. The normalized spacial score (nSPS) is 23.8. The highest BCUT2D eigenvalue weighted by Gasteiger charge is 2.35. The van der Waals surface area contributed by atoms with E-state index in [1.165, 1.54) is 11.4 Å². The summed E-state index contributed by atoms with van der Waals surface area (Å²) in [5.74, 6) is 0.0122. The minimum absolute atomic E-state index is 0.138. The Kier molecular flexibility index (Phi) is 5.85. The molecule has 1 aromatic heterocycles. The van der Waals surface area contributed by atoms with Gasteiger partial charge in [-0.2, -0.15) is 4.31 Å². The van der Waals surface area contributed by atoms with Gasteiger partial charge in [-0.3, -0.25) is 9.59 Å². The van der Waals surface area contributed by atoms with E-state index < -0.39 is 16.0 Å². The van der Waals surface area contributed by atoms with Gasteiger partial charge < -0.3 is 14.6 Å². The molecule has 1 aliphatic heterocycles. The van der Waals surface area contributed by atoms with Crippen LogP contribution in [0.3, 0.4) is 0 Å². The molecule has 1 aliphatic carbocycles. The van der Waals surface area contributed by atoms with Gasteiger partial charge >= 0.3 is 5.97 Å². The summed E-state index contributed by atoms with van der Waals surface area (Å²) in [6.07, 6.45) is 2.96. The number of rotatable bonds is 7. The average Bonchev–Trinajstić information content (AvgIpc) is 3.36. The van der Waals surface area contributed by atoms with Crippen LogP contribution in [0.25, 0.3) is 0 Å². The third-order valence-corrected chi connectivity index (χ3v) is 7.02. The van der Waals surface area contributed by atoms with Crippen LogP contribution in [0, 0.1) is 0 Å². The highest BCUT2D eigenvalue weighted by molar-refractivity contribution is 7.89. The number of ether oxygens (including phenoxy) is 1. The van der Waals surface area contributed by atoms with Gasteiger partial charge in [-0.05, 0) is 32.6 Å². The number of nitrogens with zero attached hydrogens (tertiary/aromatic N) is 2. The summed E-state index contributed by atoms with van der Waals surface area (Å²) in [6.45, 7) is 2.09. The zero-order chi connectivity index (χ0) is 19.6. The standard InChI is InChI=1S/C17H25N3O6S/c1-11-9-13(5-7-20(11)27(23,24)8-6-16(21)25-2)18-17(22)14-10-15(26-19-14)12-3-4-12/h10-13H,3-9H2,1-2H3,(H,18,22)/t11-,13+/m0/s1. The number of carbonyl (C=O) groups excluding carboxylic acids is 2. The smallest absolute Gasteiger partial charge is 0.306 e. The van der Waals surface area contributed by atoms with Crippen LogP contribution >= 0.6 is 0 Å². The number of hydrogen-bond donors (Lipinski definition) is 1. The van der Waals surface area contributed by atoms with Crippen LogP contribution in [-0.4, -0.2) is 61.2 Å². The summed E-state index contributed by atoms with van der Waals surface area (Å²) < 4.78 is 36.0. The number of sulfonamides is 1. The van der Waals surface area contributed by atoms with Crippen molar-refractivity contribution in [2.24, 2.45) is 0 Å². The molecular formula is C17H25N3O6S. The summed E-state index contributed by atoms with van der Waals surface area (Å²) in [5.41, 5.74) is 0.262. The third-order valence-electron chi connectivity index (χ3n) is 5.04. The molecule has 1 saturated heterocycles. The van der Waals surface area contributed by atoms with Crippen molar-refractivity contribution in [2.75, 3.05) is 19.4 Å². The number of methoxy groups -OCH3 is 1. The molecule has 0 aromatic carbocycles. The lowest BCUT2D eigenvalue weighted by atomic mass is 10.0. The molecule has 0 spiro atoms. The molecule has 2 heterocycles. The van der Waals surface area contributed by atoms with E-state index in [4.69, 9.17) is 4.52 Å². The molecular weight excluding hydrogens is 374 g/mol. The molecule has 27 heavy (non-hydrogen) atoms. The lowest BCUT2D eigenvalue weighted by Crippen LogP contribution is -2.51. The molecule has 0 radical (unpaired) electrons. The Morgan fingerprint density at radius 3 is 2.74 bits per heavy atom. The highest BCUT2D eigenvalue weighted by Crippen LogP contribution is 2.40. The maximum atomic E-state index is 12.4. The van der Waals surface area contributed by atoms with Gasteiger partial charge in [0.25, 0.3) is 5.91 Å². The Balaban J connectivity index is 1.52. The Morgan fingerprint density at radius 1 is 1.37 bits per heavy atom. The lowest BCUT2D eigenvalue weighted by Gasteiger charge is -2.36. The second-order valence-electron chi connectivity index (χ2n) is 7.19. The number of piperidine rings is 1. The molecule has 9 nitrogen and oxygen atoms in total. The number of nitrogens with one attached hydrogen (secondary N) is 1. The van der Waals surface area contributed by atoms with Crippen molar-refractivity contribution in [2.45, 2.75) is 57.0 Å². The van der Waals surface area contributed by atoms with Gasteiger partial charge in [0.15, 0.2) is 5.69 Å². The van der Waals surface area contributed by atoms with Crippen molar-refractivity contribution < 1.29 is 27.3 Å². The van der Waals surface area contributed by atoms with Gasteiger partial charge in [0, 0.05) is 30.6 Å². The molecule has 1 saturated carbocycles. The fourth-order valence-electron chi connectivity index (χ4n) is 3.34. The Bertz CT molecular complexity index is 801. The van der Waals surface area contributed by atoms with Gasteiger partial charge in [0.2, 0.25) is 10.0 Å². The van der Waals surface area contributed by atoms with Crippen LogP contribution in [0.2, 0.25) is 0 Å². The van der Waals surface area contributed by atoms with E-state index in [9.17, 15) is 18.0 Å². The quantitative estimate of drug-likeness (QED) is 0.680. The van der Waals surface area contributed by atoms with Gasteiger partial charge in [-0.25, -0.2) is 8.42 Å². The van der Waals surface area contributed by atoms with Crippen molar-refractivity contribution in [3.63, 3.8) is 0 Å². The molecule has 2 fully saturated rings. The first-order valence-corrected chi connectivity index (χ1v) is 10.7. The first-order valence-electron chi connectivity index (χ1n) is 9.14. The zero-order valence-electron chi connectivity index (χ0n) is 15.5. The monoisotopic (exact) mass is 399 g/mol. The number of carbonyl (C=O) groups is 2.